The first kappa shape index (κ1) is 11.3. The van der Waals surface area contributed by atoms with E-state index in [1.54, 1.807) is 0 Å². The van der Waals surface area contributed by atoms with Crippen LogP contribution in [0.1, 0.15) is 6.92 Å². The zero-order chi connectivity index (χ0) is 10.8. The fourth-order valence-electron chi connectivity index (χ4n) is 1.93. The second-order valence-electron chi connectivity index (χ2n) is 3.51. The number of thioether (sulfide) groups is 1. The van der Waals surface area contributed by atoms with Gasteiger partial charge in [0.05, 0.1) is 18.5 Å². The minimum atomic E-state index is -0.329. The average molecular weight is 235 g/mol. The van der Waals surface area contributed by atoms with Crippen LogP contribution < -0.4 is 5.64 Å². The molecule has 0 saturated carbocycles. The number of carbonyl (C=O) groups is 1. The molecule has 0 aromatic heterocycles. The van der Waals surface area contributed by atoms with E-state index in [2.05, 4.69) is 0 Å². The average Bonchev–Trinajstić information content (AvgIpc) is 2.71. The molecule has 0 unspecified atom stereocenters. The van der Waals surface area contributed by atoms with Crippen LogP contribution in [-0.2, 0) is 19.1 Å². The molecule has 86 valence electrons. The highest BCUT2D eigenvalue weighted by molar-refractivity contribution is 8.14. The van der Waals surface area contributed by atoms with Crippen molar-refractivity contribution in [3.8, 4) is 0 Å². The van der Waals surface area contributed by atoms with Crippen molar-refractivity contribution in [3.63, 3.8) is 0 Å². The molecule has 7 heteroatoms. The van der Waals surface area contributed by atoms with Crippen molar-refractivity contribution in [1.82, 2.24) is 0 Å². The molecule has 0 spiro atoms. The number of rotatable bonds is 3. The molecular weight excluding hydrogens is 222 g/mol. The summed E-state index contributed by atoms with van der Waals surface area (Å²) in [5.74, 6) is 0. The smallest absolute Gasteiger partial charge is 0.186 e. The van der Waals surface area contributed by atoms with Crippen LogP contribution in [0.15, 0.2) is 0 Å². The van der Waals surface area contributed by atoms with Crippen molar-refractivity contribution in [2.45, 2.75) is 30.5 Å². The molecular formula is C8H13NO5S. The van der Waals surface area contributed by atoms with Crippen LogP contribution in [0, 0.1) is 5.21 Å². The topological polar surface area (TPSA) is 84.4 Å². The lowest BCUT2D eigenvalue weighted by Crippen LogP contribution is -2.78. The number of nitrogens with two attached hydrogens (primary N) is 1. The molecule has 2 heterocycles. The molecule has 4 atom stereocenters. The Morgan fingerprint density at radius 1 is 1.47 bits per heavy atom. The van der Waals surface area contributed by atoms with E-state index in [1.807, 2.05) is 0 Å². The Kier molecular flexibility index (Phi) is 3.60. The van der Waals surface area contributed by atoms with Gasteiger partial charge in [-0.05, 0) is 0 Å². The van der Waals surface area contributed by atoms with Gasteiger partial charge in [-0.3, -0.25) is 4.79 Å². The van der Waals surface area contributed by atoms with E-state index in [9.17, 15) is 10.0 Å². The Hall–Kier alpha value is -0.180. The summed E-state index contributed by atoms with van der Waals surface area (Å²) in [7, 11) is 0. The Morgan fingerprint density at radius 3 is 2.87 bits per heavy atom. The lowest BCUT2D eigenvalue weighted by molar-refractivity contribution is -0.860. The molecule has 2 N–H and O–H groups in total. The summed E-state index contributed by atoms with van der Waals surface area (Å²) in [5.41, 5.74) is 0.408. The summed E-state index contributed by atoms with van der Waals surface area (Å²) < 4.78 is 10.9. The minimum Gasteiger partial charge on any atom is -0.601 e. The van der Waals surface area contributed by atoms with Crippen molar-refractivity contribution >= 4 is 16.9 Å². The molecule has 0 radical (unpaired) electrons. The van der Waals surface area contributed by atoms with E-state index >= 15 is 0 Å². The van der Waals surface area contributed by atoms with Crippen molar-refractivity contribution < 1.29 is 24.7 Å². The van der Waals surface area contributed by atoms with Crippen LogP contribution in [0.3, 0.4) is 0 Å². The van der Waals surface area contributed by atoms with Gasteiger partial charge in [0.2, 0.25) is 0 Å². The van der Waals surface area contributed by atoms with Gasteiger partial charge in [0.1, 0.15) is 12.2 Å². The molecule has 2 aliphatic heterocycles. The summed E-state index contributed by atoms with van der Waals surface area (Å²) in [6.07, 6.45) is -0.680. The zero-order valence-corrected chi connectivity index (χ0v) is 9.07. The Bertz CT molecular complexity index is 251. The van der Waals surface area contributed by atoms with E-state index in [1.165, 1.54) is 18.7 Å². The van der Waals surface area contributed by atoms with E-state index in [4.69, 9.17) is 14.3 Å². The number of hydrogen-bond donors (Lipinski definition) is 1. The lowest BCUT2D eigenvalue weighted by Gasteiger charge is -2.14. The summed E-state index contributed by atoms with van der Waals surface area (Å²) >= 11 is 1.23. The molecule has 15 heavy (non-hydrogen) atoms. The first-order valence-electron chi connectivity index (χ1n) is 4.72. The van der Waals surface area contributed by atoms with Crippen molar-refractivity contribution in [1.29, 1.82) is 0 Å². The Balaban J connectivity index is 1.93. The predicted octanol–water partition coefficient (Wildman–Crippen LogP) is -1.21. The number of ether oxygens (including phenoxy) is 2. The first-order valence-corrected chi connectivity index (χ1v) is 5.60. The molecule has 0 aromatic carbocycles. The van der Waals surface area contributed by atoms with Crippen molar-refractivity contribution in [3.05, 3.63) is 5.21 Å². The normalized spacial score (nSPS) is 39.3. The molecule has 2 saturated heterocycles. The molecule has 2 rings (SSSR count). The van der Waals surface area contributed by atoms with Crippen LogP contribution in [0.5, 0.6) is 0 Å². The first-order chi connectivity index (χ1) is 7.22. The van der Waals surface area contributed by atoms with Gasteiger partial charge in [0, 0.05) is 6.92 Å². The maximum absolute atomic E-state index is 11.0. The molecule has 2 fully saturated rings. The van der Waals surface area contributed by atoms with E-state index in [-0.39, 0.29) is 28.7 Å². The third kappa shape index (κ3) is 2.32. The van der Waals surface area contributed by atoms with E-state index in [0.717, 1.165) is 0 Å². The van der Waals surface area contributed by atoms with Crippen LogP contribution in [0.2, 0.25) is 0 Å². The quantitative estimate of drug-likeness (QED) is 0.618. The molecule has 0 amide bonds. The minimum absolute atomic E-state index is 0.0211. The van der Waals surface area contributed by atoms with Crippen LogP contribution in [-0.4, -0.2) is 41.9 Å². The van der Waals surface area contributed by atoms with Gasteiger partial charge >= 0.3 is 0 Å². The largest absolute Gasteiger partial charge is 0.601 e. The van der Waals surface area contributed by atoms with Gasteiger partial charge < -0.3 is 14.7 Å². The van der Waals surface area contributed by atoms with Gasteiger partial charge in [0.15, 0.2) is 11.2 Å². The van der Waals surface area contributed by atoms with Crippen LogP contribution in [0.4, 0.5) is 0 Å². The Labute approximate surface area is 91.2 Å². The van der Waals surface area contributed by atoms with Gasteiger partial charge in [0.25, 0.3) is 0 Å². The third-order valence-corrected chi connectivity index (χ3v) is 3.55. The zero-order valence-electron chi connectivity index (χ0n) is 8.25. The highest BCUT2D eigenvalue weighted by Crippen LogP contribution is 2.34. The predicted molar refractivity (Wildman–Crippen MR) is 51.7 cm³/mol. The summed E-state index contributed by atoms with van der Waals surface area (Å²) in [6.45, 7) is 2.34. The molecule has 6 nitrogen and oxygen atoms in total. The number of fused-ring (bicyclic) bond motifs is 1. The van der Waals surface area contributed by atoms with Crippen molar-refractivity contribution in [2.24, 2.45) is 0 Å². The van der Waals surface area contributed by atoms with Gasteiger partial charge in [-0.25, -0.2) is 5.64 Å². The van der Waals surface area contributed by atoms with Gasteiger partial charge in [-0.2, -0.15) is 4.84 Å². The maximum Gasteiger partial charge on any atom is 0.186 e. The fourth-order valence-corrected chi connectivity index (χ4v) is 2.87. The number of carbonyl (C=O) groups excluding carboxylic acids is 1. The van der Waals surface area contributed by atoms with Crippen LogP contribution in [0.25, 0.3) is 0 Å². The molecule has 0 aliphatic carbocycles. The SMILES string of the molecule is CC(=O)S[C@H]1CO[C@H]2[C@@H]1OC[C@H]2O[NH2+][O-]. The molecule has 0 aromatic rings. The molecule has 0 bridgehead atoms. The second kappa shape index (κ2) is 4.77. The summed E-state index contributed by atoms with van der Waals surface area (Å²) in [5, 5.41) is 10.3. The second-order valence-corrected chi connectivity index (χ2v) is 4.93. The van der Waals surface area contributed by atoms with E-state index < -0.39 is 0 Å². The standard InChI is InChI=1S/C8H13NO5S/c1-4(10)15-6-3-13-7-5(14-9-11)2-12-8(6)7/h5-8H,2-3,9H2,1H3/t5-,6+,7-,8-/m1/s1. The highest BCUT2D eigenvalue weighted by atomic mass is 32.2. The third-order valence-electron chi connectivity index (χ3n) is 2.51. The van der Waals surface area contributed by atoms with Gasteiger partial charge in [-0.15, -0.1) is 0 Å². The number of quaternary nitrogens is 1. The summed E-state index contributed by atoms with van der Waals surface area (Å²) in [4.78, 5) is 15.8. The van der Waals surface area contributed by atoms with Crippen LogP contribution >= 0.6 is 11.8 Å². The Morgan fingerprint density at radius 2 is 2.20 bits per heavy atom. The van der Waals surface area contributed by atoms with Gasteiger partial charge in [-0.1, -0.05) is 11.8 Å². The molecule has 2 aliphatic rings. The highest BCUT2D eigenvalue weighted by Gasteiger charge is 2.49. The summed E-state index contributed by atoms with van der Waals surface area (Å²) in [6, 6.07) is 0. The number of hydrogen-bond acceptors (Lipinski definition) is 6. The fraction of sp³-hybridized carbons (Fsp3) is 0.875. The maximum atomic E-state index is 11.0. The van der Waals surface area contributed by atoms with Crippen molar-refractivity contribution in [2.75, 3.05) is 13.2 Å². The van der Waals surface area contributed by atoms with E-state index in [0.29, 0.717) is 18.9 Å². The monoisotopic (exact) mass is 235 g/mol. The lowest BCUT2D eigenvalue weighted by atomic mass is 10.1.